The summed E-state index contributed by atoms with van der Waals surface area (Å²) in [7, 11) is 2.15. The topological polar surface area (TPSA) is 38.5 Å². The van der Waals surface area contributed by atoms with E-state index in [1.54, 1.807) is 0 Å². The van der Waals surface area contributed by atoms with E-state index in [4.69, 9.17) is 10.5 Å². The van der Waals surface area contributed by atoms with Crippen LogP contribution in [0.1, 0.15) is 38.3 Å². The maximum Gasteiger partial charge on any atom is 0.119 e. The highest BCUT2D eigenvalue weighted by molar-refractivity contribution is 5.30. The largest absolute Gasteiger partial charge is 0.491 e. The van der Waals surface area contributed by atoms with Crippen molar-refractivity contribution in [1.82, 2.24) is 4.90 Å². The lowest BCUT2D eigenvalue weighted by Gasteiger charge is -2.37. The maximum absolute atomic E-state index is 6.25. The normalized spacial score (nSPS) is 25.4. The highest BCUT2D eigenvalue weighted by Gasteiger charge is 2.27. The van der Waals surface area contributed by atoms with Crippen molar-refractivity contribution in [3.8, 4) is 5.75 Å². The van der Waals surface area contributed by atoms with Crippen LogP contribution in [-0.4, -0.2) is 30.6 Å². The molecule has 0 aromatic heterocycles. The fourth-order valence-electron chi connectivity index (χ4n) is 2.72. The molecule has 2 rings (SSSR count). The van der Waals surface area contributed by atoms with Gasteiger partial charge in [0.15, 0.2) is 0 Å². The first kappa shape index (κ1) is 13.4. The molecule has 0 saturated carbocycles. The molecular weight excluding hydrogens is 224 g/mol. The molecule has 1 aromatic rings. The number of benzene rings is 1. The van der Waals surface area contributed by atoms with E-state index in [1.807, 2.05) is 26.0 Å². The van der Waals surface area contributed by atoms with Gasteiger partial charge in [-0.15, -0.1) is 0 Å². The van der Waals surface area contributed by atoms with Gasteiger partial charge in [0, 0.05) is 12.1 Å². The molecule has 1 aromatic carbocycles. The van der Waals surface area contributed by atoms with Crippen LogP contribution in [0.3, 0.4) is 0 Å². The number of nitrogens with two attached hydrogens (primary N) is 1. The van der Waals surface area contributed by atoms with Gasteiger partial charge in [0.1, 0.15) is 5.75 Å². The van der Waals surface area contributed by atoms with Gasteiger partial charge in [0.05, 0.1) is 6.10 Å². The molecule has 3 heteroatoms. The van der Waals surface area contributed by atoms with Crippen LogP contribution in [0.15, 0.2) is 24.3 Å². The molecule has 1 heterocycles. The van der Waals surface area contributed by atoms with Crippen LogP contribution in [-0.2, 0) is 0 Å². The van der Waals surface area contributed by atoms with E-state index in [9.17, 15) is 0 Å². The van der Waals surface area contributed by atoms with Gasteiger partial charge in [-0.1, -0.05) is 12.1 Å². The van der Waals surface area contributed by atoms with E-state index >= 15 is 0 Å². The Balaban J connectivity index is 2.12. The van der Waals surface area contributed by atoms with E-state index in [2.05, 4.69) is 24.1 Å². The lowest BCUT2D eigenvalue weighted by Crippen LogP contribution is -2.43. The first-order valence-electron chi connectivity index (χ1n) is 6.80. The molecule has 0 aliphatic carbocycles. The Labute approximate surface area is 110 Å². The minimum Gasteiger partial charge on any atom is -0.491 e. The Hall–Kier alpha value is -1.06. The van der Waals surface area contributed by atoms with Gasteiger partial charge in [-0.3, -0.25) is 4.90 Å². The van der Waals surface area contributed by atoms with Crippen LogP contribution in [0.4, 0.5) is 0 Å². The van der Waals surface area contributed by atoms with Crippen molar-refractivity contribution in [2.24, 2.45) is 5.73 Å². The van der Waals surface area contributed by atoms with Crippen LogP contribution in [0, 0.1) is 0 Å². The van der Waals surface area contributed by atoms with Crippen molar-refractivity contribution in [2.45, 2.75) is 44.9 Å². The molecule has 0 radical (unpaired) electrons. The second-order valence-corrected chi connectivity index (χ2v) is 5.47. The molecular formula is C15H24N2O. The molecule has 0 amide bonds. The summed E-state index contributed by atoms with van der Waals surface area (Å²) in [5.74, 6) is 0.931. The molecule has 1 fully saturated rings. The highest BCUT2D eigenvalue weighted by atomic mass is 16.5. The lowest BCUT2D eigenvalue weighted by molar-refractivity contribution is 0.162. The second kappa shape index (κ2) is 5.72. The summed E-state index contributed by atoms with van der Waals surface area (Å²) in [6.07, 6.45) is 2.53. The Bertz CT molecular complexity index is 365. The van der Waals surface area contributed by atoms with Gasteiger partial charge in [-0.25, -0.2) is 0 Å². The SMILES string of the molecule is CC(C)Oc1ccc(C2C(N)CCCN2C)cc1. The summed E-state index contributed by atoms with van der Waals surface area (Å²) in [6, 6.07) is 8.95. The summed E-state index contributed by atoms with van der Waals surface area (Å²) < 4.78 is 5.67. The van der Waals surface area contributed by atoms with Crippen molar-refractivity contribution in [1.29, 1.82) is 0 Å². The van der Waals surface area contributed by atoms with Gasteiger partial charge in [0.2, 0.25) is 0 Å². The zero-order valence-electron chi connectivity index (χ0n) is 11.6. The summed E-state index contributed by atoms with van der Waals surface area (Å²) in [5, 5.41) is 0. The predicted molar refractivity (Wildman–Crippen MR) is 74.8 cm³/mol. The third-order valence-corrected chi connectivity index (χ3v) is 3.52. The van der Waals surface area contributed by atoms with Crippen molar-refractivity contribution < 1.29 is 4.74 Å². The molecule has 1 saturated heterocycles. The Kier molecular flexibility index (Phi) is 4.25. The van der Waals surface area contributed by atoms with Crippen LogP contribution in [0.5, 0.6) is 5.75 Å². The number of likely N-dealkylation sites (tertiary alicyclic amines) is 1. The summed E-state index contributed by atoms with van der Waals surface area (Å²) in [6.45, 7) is 5.21. The van der Waals surface area contributed by atoms with Gasteiger partial charge in [0.25, 0.3) is 0 Å². The standard InChI is InChI=1S/C15H24N2O/c1-11(2)18-13-8-6-12(7-9-13)15-14(16)5-4-10-17(15)3/h6-9,11,14-15H,4-5,10,16H2,1-3H3. The molecule has 100 valence electrons. The molecule has 2 N–H and O–H groups in total. The fraction of sp³-hybridized carbons (Fsp3) is 0.600. The number of likely N-dealkylation sites (N-methyl/N-ethyl adjacent to an activating group) is 1. The predicted octanol–water partition coefficient (Wildman–Crippen LogP) is 2.57. The van der Waals surface area contributed by atoms with Crippen molar-refractivity contribution in [3.63, 3.8) is 0 Å². The minimum atomic E-state index is 0.218. The molecule has 2 atom stereocenters. The maximum atomic E-state index is 6.25. The van der Waals surface area contributed by atoms with Gasteiger partial charge >= 0.3 is 0 Å². The highest BCUT2D eigenvalue weighted by Crippen LogP contribution is 2.29. The first-order valence-corrected chi connectivity index (χ1v) is 6.80. The molecule has 3 nitrogen and oxygen atoms in total. The number of ether oxygens (including phenoxy) is 1. The molecule has 0 spiro atoms. The van der Waals surface area contributed by atoms with Gasteiger partial charge in [-0.2, -0.15) is 0 Å². The summed E-state index contributed by atoms with van der Waals surface area (Å²) in [5.41, 5.74) is 7.54. The number of piperidine rings is 1. The van der Waals surface area contributed by atoms with Crippen LogP contribution in [0.25, 0.3) is 0 Å². The van der Waals surface area contributed by atoms with E-state index in [-0.39, 0.29) is 12.1 Å². The van der Waals surface area contributed by atoms with Crippen molar-refractivity contribution in [2.75, 3.05) is 13.6 Å². The van der Waals surface area contributed by atoms with E-state index in [1.165, 1.54) is 12.0 Å². The summed E-state index contributed by atoms with van der Waals surface area (Å²) >= 11 is 0. The monoisotopic (exact) mass is 248 g/mol. The number of hydrogen-bond donors (Lipinski definition) is 1. The number of nitrogens with zero attached hydrogens (tertiary/aromatic N) is 1. The minimum absolute atomic E-state index is 0.218. The molecule has 1 aliphatic rings. The zero-order valence-corrected chi connectivity index (χ0v) is 11.6. The van der Waals surface area contributed by atoms with Crippen LogP contribution >= 0.6 is 0 Å². The molecule has 2 unspecified atom stereocenters. The lowest BCUT2D eigenvalue weighted by atomic mass is 9.91. The Morgan fingerprint density at radius 3 is 2.50 bits per heavy atom. The average Bonchev–Trinajstić information content (AvgIpc) is 2.30. The summed E-state index contributed by atoms with van der Waals surface area (Å²) in [4.78, 5) is 2.35. The number of hydrogen-bond acceptors (Lipinski definition) is 3. The van der Waals surface area contributed by atoms with Gasteiger partial charge in [-0.05, 0) is 58.0 Å². The zero-order chi connectivity index (χ0) is 13.1. The fourth-order valence-corrected chi connectivity index (χ4v) is 2.72. The quantitative estimate of drug-likeness (QED) is 0.893. The molecule has 1 aliphatic heterocycles. The molecule has 18 heavy (non-hydrogen) atoms. The first-order chi connectivity index (χ1) is 8.58. The van der Waals surface area contributed by atoms with Gasteiger partial charge < -0.3 is 10.5 Å². The van der Waals surface area contributed by atoms with E-state index < -0.39 is 0 Å². The van der Waals surface area contributed by atoms with E-state index in [0.717, 1.165) is 18.7 Å². The van der Waals surface area contributed by atoms with E-state index in [0.29, 0.717) is 6.04 Å². The van der Waals surface area contributed by atoms with Crippen molar-refractivity contribution in [3.05, 3.63) is 29.8 Å². The third kappa shape index (κ3) is 3.03. The van der Waals surface area contributed by atoms with Crippen LogP contribution in [0.2, 0.25) is 0 Å². The second-order valence-electron chi connectivity index (χ2n) is 5.47. The Morgan fingerprint density at radius 1 is 1.28 bits per heavy atom. The Morgan fingerprint density at radius 2 is 1.94 bits per heavy atom. The average molecular weight is 248 g/mol. The third-order valence-electron chi connectivity index (χ3n) is 3.52. The smallest absolute Gasteiger partial charge is 0.119 e. The van der Waals surface area contributed by atoms with Crippen molar-refractivity contribution >= 4 is 0 Å². The number of rotatable bonds is 3. The molecule has 0 bridgehead atoms. The van der Waals surface area contributed by atoms with Crippen LogP contribution < -0.4 is 10.5 Å².